The van der Waals surface area contributed by atoms with Crippen molar-refractivity contribution in [2.24, 2.45) is 0 Å². The highest BCUT2D eigenvalue weighted by atomic mass is 32.2. The van der Waals surface area contributed by atoms with E-state index >= 15 is 0 Å². The molecule has 1 fully saturated rings. The van der Waals surface area contributed by atoms with Crippen molar-refractivity contribution in [2.75, 3.05) is 13.7 Å². The number of ether oxygens (including phenoxy) is 1. The molecule has 1 saturated heterocycles. The second kappa shape index (κ2) is 8.26. The number of rotatable bonds is 4. The maximum atomic E-state index is 13.5. The molecule has 4 nitrogen and oxygen atoms in total. The van der Waals surface area contributed by atoms with Crippen LogP contribution in [0.3, 0.4) is 0 Å². The predicted octanol–water partition coefficient (Wildman–Crippen LogP) is 5.30. The molecule has 28 heavy (non-hydrogen) atoms. The summed E-state index contributed by atoms with van der Waals surface area (Å²) in [4.78, 5) is 0.376. The topological polar surface area (TPSA) is 46.6 Å². The van der Waals surface area contributed by atoms with E-state index in [4.69, 9.17) is 4.74 Å². The summed E-state index contributed by atoms with van der Waals surface area (Å²) >= 11 is 0. The van der Waals surface area contributed by atoms with Crippen LogP contribution in [0.1, 0.15) is 63.6 Å². The van der Waals surface area contributed by atoms with E-state index in [0.717, 1.165) is 42.6 Å². The van der Waals surface area contributed by atoms with Crippen molar-refractivity contribution in [1.29, 1.82) is 0 Å². The Balaban J connectivity index is 1.96. The Bertz CT molecular complexity index is 881. The average Bonchev–Trinajstić information content (AvgIpc) is 2.94. The normalized spacial score (nSPS) is 19.2. The highest BCUT2D eigenvalue weighted by Gasteiger charge is 2.33. The summed E-state index contributed by atoms with van der Waals surface area (Å²) in [5.74, 6) is 0.782. The number of methoxy groups -OCH3 is 1. The van der Waals surface area contributed by atoms with Crippen LogP contribution in [0.2, 0.25) is 0 Å². The van der Waals surface area contributed by atoms with Crippen LogP contribution in [-0.2, 0) is 15.4 Å². The molecule has 1 heterocycles. The smallest absolute Gasteiger partial charge is 0.243 e. The second-order valence-corrected chi connectivity index (χ2v) is 10.4. The average molecular weight is 402 g/mol. The molecule has 152 valence electrons. The molecular formula is C23H31NO3S. The fraction of sp³-hybridized carbons (Fsp3) is 0.478. The van der Waals surface area contributed by atoms with Gasteiger partial charge in [-0.05, 0) is 53.6 Å². The zero-order chi connectivity index (χ0) is 20.4. The van der Waals surface area contributed by atoms with Gasteiger partial charge in [-0.15, -0.1) is 0 Å². The standard InChI is InChI=1S/C23H31NO3S/c1-23(2,3)19-11-15-21(16-12-19)28(25,26)24-17-7-5-6-8-22(24)18-9-13-20(27-4)14-10-18/h9-16,22H,5-8,17H2,1-4H3/t22-/m0/s1. The van der Waals surface area contributed by atoms with Crippen molar-refractivity contribution < 1.29 is 13.2 Å². The van der Waals surface area contributed by atoms with Crippen LogP contribution < -0.4 is 4.74 Å². The number of benzene rings is 2. The Kier molecular flexibility index (Phi) is 6.15. The van der Waals surface area contributed by atoms with E-state index in [-0.39, 0.29) is 11.5 Å². The van der Waals surface area contributed by atoms with E-state index in [1.54, 1.807) is 23.5 Å². The quantitative estimate of drug-likeness (QED) is 0.698. The molecule has 2 aromatic carbocycles. The summed E-state index contributed by atoms with van der Waals surface area (Å²) in [5, 5.41) is 0. The molecule has 0 bridgehead atoms. The summed E-state index contributed by atoms with van der Waals surface area (Å²) in [6.07, 6.45) is 3.82. The van der Waals surface area contributed by atoms with Gasteiger partial charge in [-0.3, -0.25) is 0 Å². The van der Waals surface area contributed by atoms with Crippen molar-refractivity contribution in [2.45, 2.75) is 62.8 Å². The van der Waals surface area contributed by atoms with Crippen LogP contribution >= 0.6 is 0 Å². The number of hydrogen-bond donors (Lipinski definition) is 0. The van der Waals surface area contributed by atoms with Gasteiger partial charge in [0.1, 0.15) is 5.75 Å². The molecule has 0 N–H and O–H groups in total. The van der Waals surface area contributed by atoms with Crippen molar-refractivity contribution >= 4 is 10.0 Å². The van der Waals surface area contributed by atoms with Crippen molar-refractivity contribution in [3.8, 4) is 5.75 Å². The van der Waals surface area contributed by atoms with Gasteiger partial charge in [-0.25, -0.2) is 8.42 Å². The highest BCUT2D eigenvalue weighted by Crippen LogP contribution is 2.35. The lowest BCUT2D eigenvalue weighted by atomic mass is 9.87. The molecular weight excluding hydrogens is 370 g/mol. The van der Waals surface area contributed by atoms with E-state index in [9.17, 15) is 8.42 Å². The van der Waals surface area contributed by atoms with Crippen LogP contribution in [0, 0.1) is 0 Å². The summed E-state index contributed by atoms with van der Waals surface area (Å²) in [6, 6.07) is 15.0. The summed E-state index contributed by atoms with van der Waals surface area (Å²) < 4.78 is 34.0. The first-order valence-electron chi connectivity index (χ1n) is 10.00. The van der Waals surface area contributed by atoms with Crippen LogP contribution in [0.5, 0.6) is 5.75 Å². The van der Waals surface area contributed by atoms with Gasteiger partial charge >= 0.3 is 0 Å². The first-order chi connectivity index (χ1) is 13.2. The summed E-state index contributed by atoms with van der Waals surface area (Å²) in [5.41, 5.74) is 2.16. The van der Waals surface area contributed by atoms with Gasteiger partial charge in [0.2, 0.25) is 10.0 Å². The fourth-order valence-electron chi connectivity index (χ4n) is 3.79. The van der Waals surface area contributed by atoms with Crippen LogP contribution in [0.15, 0.2) is 53.4 Å². The first-order valence-corrected chi connectivity index (χ1v) is 11.4. The molecule has 0 spiro atoms. The number of sulfonamides is 1. The van der Waals surface area contributed by atoms with Crippen LogP contribution in [0.25, 0.3) is 0 Å². The van der Waals surface area contributed by atoms with Gasteiger partial charge in [0.25, 0.3) is 0 Å². The van der Waals surface area contributed by atoms with Gasteiger partial charge < -0.3 is 4.74 Å². The lowest BCUT2D eigenvalue weighted by Gasteiger charge is -2.30. The second-order valence-electron chi connectivity index (χ2n) is 8.53. The predicted molar refractivity (Wildman–Crippen MR) is 113 cm³/mol. The molecule has 0 aromatic heterocycles. The molecule has 0 radical (unpaired) electrons. The number of hydrogen-bond acceptors (Lipinski definition) is 3. The minimum atomic E-state index is -3.56. The molecule has 0 unspecified atom stereocenters. The Hall–Kier alpha value is -1.85. The molecule has 0 aliphatic carbocycles. The zero-order valence-electron chi connectivity index (χ0n) is 17.3. The Morgan fingerprint density at radius 1 is 0.929 bits per heavy atom. The van der Waals surface area contributed by atoms with Crippen LogP contribution in [0.4, 0.5) is 0 Å². The number of nitrogens with zero attached hydrogens (tertiary/aromatic N) is 1. The zero-order valence-corrected chi connectivity index (χ0v) is 18.1. The van der Waals surface area contributed by atoms with Gasteiger partial charge in [0, 0.05) is 6.54 Å². The Morgan fingerprint density at radius 3 is 2.14 bits per heavy atom. The minimum Gasteiger partial charge on any atom is -0.497 e. The van der Waals surface area contributed by atoms with E-state index in [1.807, 2.05) is 36.4 Å². The lowest BCUT2D eigenvalue weighted by Crippen LogP contribution is -2.34. The van der Waals surface area contributed by atoms with Gasteiger partial charge in [0.15, 0.2) is 0 Å². The third kappa shape index (κ3) is 4.41. The van der Waals surface area contributed by atoms with Crippen LogP contribution in [-0.4, -0.2) is 26.4 Å². The van der Waals surface area contributed by atoms with Gasteiger partial charge in [-0.2, -0.15) is 4.31 Å². The first kappa shape index (κ1) is 20.9. The Morgan fingerprint density at radius 2 is 1.57 bits per heavy atom. The third-order valence-corrected chi connectivity index (χ3v) is 7.45. The molecule has 2 aromatic rings. The molecule has 0 amide bonds. The van der Waals surface area contributed by atoms with E-state index < -0.39 is 10.0 Å². The van der Waals surface area contributed by atoms with Gasteiger partial charge in [-0.1, -0.05) is 57.9 Å². The van der Waals surface area contributed by atoms with E-state index in [0.29, 0.717) is 11.4 Å². The molecule has 1 aliphatic rings. The fourth-order valence-corrected chi connectivity index (χ4v) is 5.47. The maximum Gasteiger partial charge on any atom is 0.243 e. The maximum absolute atomic E-state index is 13.5. The molecule has 1 aliphatic heterocycles. The largest absolute Gasteiger partial charge is 0.497 e. The highest BCUT2D eigenvalue weighted by molar-refractivity contribution is 7.89. The molecule has 0 saturated carbocycles. The SMILES string of the molecule is COc1ccc([C@@H]2CCCCCN2S(=O)(=O)c2ccc(C(C)(C)C)cc2)cc1. The molecule has 1 atom stereocenters. The monoisotopic (exact) mass is 401 g/mol. The molecule has 3 rings (SSSR count). The van der Waals surface area contributed by atoms with E-state index in [2.05, 4.69) is 20.8 Å². The van der Waals surface area contributed by atoms with Crippen molar-refractivity contribution in [3.63, 3.8) is 0 Å². The minimum absolute atomic E-state index is 0.00345. The van der Waals surface area contributed by atoms with Crippen molar-refractivity contribution in [1.82, 2.24) is 4.31 Å². The third-order valence-electron chi connectivity index (χ3n) is 5.53. The molecule has 5 heteroatoms. The summed E-state index contributed by atoms with van der Waals surface area (Å²) in [6.45, 7) is 6.95. The summed E-state index contributed by atoms with van der Waals surface area (Å²) in [7, 11) is -1.92. The Labute approximate surface area is 169 Å². The van der Waals surface area contributed by atoms with Gasteiger partial charge in [0.05, 0.1) is 18.0 Å². The lowest BCUT2D eigenvalue weighted by molar-refractivity contribution is 0.328. The van der Waals surface area contributed by atoms with Crippen molar-refractivity contribution in [3.05, 3.63) is 59.7 Å². The van der Waals surface area contributed by atoms with E-state index in [1.165, 1.54) is 0 Å².